The summed E-state index contributed by atoms with van der Waals surface area (Å²) in [6, 6.07) is 134. The van der Waals surface area contributed by atoms with Gasteiger partial charge in [0.05, 0.1) is 62.2 Å². The quantitative estimate of drug-likeness (QED) is 0.115. The van der Waals surface area contributed by atoms with E-state index in [-0.39, 0.29) is 0 Å². The summed E-state index contributed by atoms with van der Waals surface area (Å²) in [5, 5.41) is 12.1. The van der Waals surface area contributed by atoms with Crippen LogP contribution in [0, 0.1) is 0 Å². The second kappa shape index (κ2) is 35.8. The molecule has 23 aromatic rings. The molecule has 9 aromatic heterocycles. The summed E-state index contributed by atoms with van der Waals surface area (Å²) in [5.41, 5.74) is 43.0. The molecule has 0 saturated heterocycles. The average molecular weight is 1790 g/mol. The Morgan fingerprint density at radius 3 is 1.15 bits per heavy atom. The first-order valence-corrected chi connectivity index (χ1v) is 50.3. The summed E-state index contributed by atoms with van der Waals surface area (Å²) >= 11 is 0. The highest BCUT2D eigenvalue weighted by Crippen LogP contribution is 2.47. The molecule has 0 aliphatic heterocycles. The molecule has 0 bridgehead atoms. The Bertz CT molecular complexity index is 8480. The maximum Gasteiger partial charge on any atom is 0.162 e. The number of pyridine rings is 3. The summed E-state index contributed by atoms with van der Waals surface area (Å²) in [6.45, 7) is 0. The monoisotopic (exact) mass is 1790 g/mol. The molecule has 0 spiro atoms. The number of aromatic nitrogens is 10. The highest BCUT2D eigenvalue weighted by Gasteiger charge is 2.31. The van der Waals surface area contributed by atoms with E-state index in [9.17, 15) is 0 Å². The van der Waals surface area contributed by atoms with Gasteiger partial charge in [-0.25, -0.2) is 9.97 Å². The second-order valence-electron chi connectivity index (χ2n) is 38.5. The van der Waals surface area contributed by atoms with Crippen molar-refractivity contribution in [1.82, 2.24) is 47.8 Å². The number of aryl methyl sites for hydroxylation is 5. The molecular formula is C129H104N10. The van der Waals surface area contributed by atoms with Gasteiger partial charge in [-0.05, 0) is 333 Å². The fraction of sp³-hybridized carbons (Fsp3) is 0.155. The second-order valence-corrected chi connectivity index (χ2v) is 38.5. The molecule has 0 radical (unpaired) electrons. The zero-order valence-electron chi connectivity index (χ0n) is 78.1. The summed E-state index contributed by atoms with van der Waals surface area (Å²) in [7, 11) is 0. The van der Waals surface area contributed by atoms with Crippen molar-refractivity contribution >= 4 is 76.1 Å². The topological polar surface area (TPSA) is 89.1 Å². The summed E-state index contributed by atoms with van der Waals surface area (Å²) < 4.78 is 12.6. The van der Waals surface area contributed by atoms with Gasteiger partial charge < -0.3 is 18.3 Å². The predicted octanol–water partition coefficient (Wildman–Crippen LogP) is 31.8. The highest BCUT2D eigenvalue weighted by molar-refractivity contribution is 6.10. The van der Waals surface area contributed by atoms with E-state index in [1.165, 1.54) is 247 Å². The van der Waals surface area contributed by atoms with Gasteiger partial charge in [0.15, 0.2) is 5.82 Å². The van der Waals surface area contributed by atoms with Crippen LogP contribution in [-0.2, 0) is 64.2 Å². The summed E-state index contributed by atoms with van der Waals surface area (Å²) in [6.07, 6.45) is 29.3. The third-order valence-corrected chi connectivity index (χ3v) is 30.3. The minimum atomic E-state index is 0.742. The molecule has 5 aliphatic carbocycles. The fourth-order valence-electron chi connectivity index (χ4n) is 23.9. The molecule has 28 rings (SSSR count). The number of rotatable bonds is 13. The van der Waals surface area contributed by atoms with Crippen molar-refractivity contribution < 1.29 is 0 Å². The molecule has 0 atom stereocenters. The van der Waals surface area contributed by atoms with Gasteiger partial charge in [0, 0.05) is 124 Å². The third kappa shape index (κ3) is 15.1. The Balaban J connectivity index is 0.000000110. The van der Waals surface area contributed by atoms with Crippen molar-refractivity contribution in [3.63, 3.8) is 0 Å². The van der Waals surface area contributed by atoms with Crippen LogP contribution in [0.25, 0.3) is 194 Å². The lowest BCUT2D eigenvalue weighted by Crippen LogP contribution is -2.09. The van der Waals surface area contributed by atoms with Crippen LogP contribution < -0.4 is 0 Å². The van der Waals surface area contributed by atoms with Crippen molar-refractivity contribution in [2.24, 2.45) is 0 Å². The van der Waals surface area contributed by atoms with Gasteiger partial charge in [0.2, 0.25) is 0 Å². The van der Waals surface area contributed by atoms with Gasteiger partial charge >= 0.3 is 0 Å². The van der Waals surface area contributed by atoms with E-state index in [0.717, 1.165) is 126 Å². The van der Waals surface area contributed by atoms with Gasteiger partial charge in [-0.3, -0.25) is 19.5 Å². The van der Waals surface area contributed by atoms with Crippen LogP contribution in [-0.4, -0.2) is 47.8 Å². The van der Waals surface area contributed by atoms with Gasteiger partial charge in [0.25, 0.3) is 0 Å². The van der Waals surface area contributed by atoms with E-state index in [1.54, 1.807) is 5.56 Å². The predicted molar refractivity (Wildman–Crippen MR) is 574 cm³/mol. The molecule has 14 aromatic carbocycles. The van der Waals surface area contributed by atoms with Crippen molar-refractivity contribution in [1.29, 1.82) is 0 Å². The van der Waals surface area contributed by atoms with Crippen molar-refractivity contribution in [2.75, 3.05) is 0 Å². The normalized spacial score (nSPS) is 13.9. The average Bonchev–Trinajstić information content (AvgIpc) is 1.59. The van der Waals surface area contributed by atoms with Crippen LogP contribution in [0.3, 0.4) is 0 Å². The Morgan fingerprint density at radius 2 is 0.597 bits per heavy atom. The molecule has 10 heteroatoms. The maximum absolute atomic E-state index is 5.27. The lowest BCUT2D eigenvalue weighted by Gasteiger charge is -2.18. The number of fused-ring (bicyclic) bond motifs is 18. The molecule has 0 amide bonds. The first-order chi connectivity index (χ1) is 68.9. The molecule has 0 saturated carbocycles. The Hall–Kier alpha value is -16.2. The molecule has 0 N–H and O–H groups in total. The van der Waals surface area contributed by atoms with Crippen molar-refractivity contribution in [3.8, 4) is 118 Å². The number of hydrogen-bond donors (Lipinski definition) is 0. The number of benzene rings is 14. The minimum absolute atomic E-state index is 0.742. The van der Waals surface area contributed by atoms with Crippen LogP contribution >= 0.6 is 0 Å². The lowest BCUT2D eigenvalue weighted by molar-refractivity contribution is 0.664. The highest BCUT2D eigenvalue weighted by atomic mass is 15.1. The largest absolute Gasteiger partial charge is 0.313 e. The molecule has 9 heterocycles. The van der Waals surface area contributed by atoms with Gasteiger partial charge in [-0.2, -0.15) is 0 Å². The van der Waals surface area contributed by atoms with Crippen LogP contribution in [0.2, 0.25) is 0 Å². The molecule has 139 heavy (non-hydrogen) atoms. The smallest absolute Gasteiger partial charge is 0.162 e. The van der Waals surface area contributed by atoms with Crippen molar-refractivity contribution in [2.45, 2.75) is 128 Å². The van der Waals surface area contributed by atoms with Gasteiger partial charge in [-0.15, -0.1) is 0 Å². The Labute approximate surface area is 810 Å². The summed E-state index contributed by atoms with van der Waals surface area (Å²) in [5.74, 6) is 1.66. The van der Waals surface area contributed by atoms with Crippen molar-refractivity contribution in [3.05, 3.63) is 445 Å². The first-order valence-electron chi connectivity index (χ1n) is 50.3. The minimum Gasteiger partial charge on any atom is -0.313 e. The summed E-state index contributed by atoms with van der Waals surface area (Å²) in [4.78, 5) is 25.0. The standard InChI is InChI=1S/C49H39N5.C46H38N4.C34H27N/c1-3-15-33(16-4-1)42-30-48(52-49(51-42)34-17-5-2-6-18-34)54-45-24-12-10-21-37(45)39-28-35(26-27-46(39)54)41-29-40-38-22-9-11-23-44(38)53(47(40)31-50-41)43-25-13-19-32-14-7-8-20-36(32)43;1-2-12-35(13-3-1)49-43-18-6-4-14-37(43)39-29-31(20-22-45(39)49)32-21-23-46-40(30-32)38-15-5-7-19-44(38)50(46)36-27-33(41-16-8-10-24-47-41)26-34(28-36)42-17-9-11-25-48-42;1-3-11-24(12-4-1)27-21-28(25-13-5-2-6-14-25)23-29(22-27)35-32-18-10-9-17-31(32)34-30-16-8-7-15-26(30)19-20-33(34)35/h1-8,13-20,25-31H,9-12,21-24H2;1-3,8-13,16-17,20-30H,4-7,14-15,18-19H2;1-8,11-16,19-23H,9-10,17-18H2. The number of para-hydroxylation sites is 1. The van der Waals surface area contributed by atoms with Crippen LogP contribution in [0.15, 0.2) is 389 Å². The Morgan fingerprint density at radius 1 is 0.194 bits per heavy atom. The van der Waals surface area contributed by atoms with Crippen LogP contribution in [0.1, 0.15) is 120 Å². The zero-order chi connectivity index (χ0) is 91.8. The lowest BCUT2D eigenvalue weighted by atomic mass is 9.93. The first kappa shape index (κ1) is 83.4. The number of nitrogens with zero attached hydrogens (tertiary/aromatic N) is 10. The number of hydrogen-bond acceptors (Lipinski definition) is 5. The molecule has 670 valence electrons. The van der Waals surface area contributed by atoms with E-state index in [0.29, 0.717) is 0 Å². The fourth-order valence-corrected chi connectivity index (χ4v) is 23.9. The van der Waals surface area contributed by atoms with E-state index >= 15 is 0 Å². The third-order valence-electron chi connectivity index (χ3n) is 30.3. The van der Waals surface area contributed by atoms with E-state index in [4.69, 9.17) is 24.9 Å². The zero-order valence-corrected chi connectivity index (χ0v) is 78.1. The van der Waals surface area contributed by atoms with Crippen LogP contribution in [0.4, 0.5) is 0 Å². The molecular weight excluding hydrogens is 1690 g/mol. The SMILES string of the molecule is c1ccc(-c2cc(-c3ccccc3)cc(-n3c4c(c5c6ccccc6ccc53)CCCC4)c2)cc1.c1ccc(-c2cc(-n3c4c(c5cc(-c6cc7c8c(n(-c9cccc%10ccccc9%10)c7cn6)CCCC8)ccc53)CCCC4)nc(-c3ccccc3)n2)cc1.c1ccc(-n2c3c(c4cc(-c5ccc6c(c5)c5c(n6-c6cc(-c7ccccn7)cc(-c7ccccn7)c6)CCCC5)ccc42)CCCC3)cc1. The van der Waals surface area contributed by atoms with E-state index in [2.05, 4.69) is 381 Å². The Kier molecular flexibility index (Phi) is 21.5. The van der Waals surface area contributed by atoms with E-state index in [1.807, 2.05) is 30.6 Å². The molecule has 0 fully saturated rings. The molecule has 5 aliphatic rings. The molecule has 10 nitrogen and oxygen atoms in total. The van der Waals surface area contributed by atoms with Gasteiger partial charge in [0.1, 0.15) is 5.82 Å². The van der Waals surface area contributed by atoms with E-state index < -0.39 is 0 Å². The maximum atomic E-state index is 5.27. The van der Waals surface area contributed by atoms with Gasteiger partial charge in [-0.1, -0.05) is 237 Å². The molecule has 0 unspecified atom stereocenters. The van der Waals surface area contributed by atoms with Crippen LogP contribution in [0.5, 0.6) is 0 Å².